The number of nitrogen functional groups attached to an aromatic ring is 1. The van der Waals surface area contributed by atoms with Gasteiger partial charge in [0.1, 0.15) is 17.3 Å². The quantitative estimate of drug-likeness (QED) is 0.754. The zero-order chi connectivity index (χ0) is 13.9. The molecular formula is C14H12N4O2. The van der Waals surface area contributed by atoms with Crippen molar-refractivity contribution in [2.75, 3.05) is 5.73 Å². The number of aromatic hydroxyl groups is 1. The molecule has 6 heteroatoms. The summed E-state index contributed by atoms with van der Waals surface area (Å²) >= 11 is 0. The average Bonchev–Trinajstić information content (AvgIpc) is 2.90. The summed E-state index contributed by atoms with van der Waals surface area (Å²) in [4.78, 5) is 8.40. The summed E-state index contributed by atoms with van der Waals surface area (Å²) in [7, 11) is 0. The second-order valence-corrected chi connectivity index (χ2v) is 4.31. The fourth-order valence-corrected chi connectivity index (χ4v) is 1.80. The number of anilines is 1. The van der Waals surface area contributed by atoms with E-state index in [4.69, 9.17) is 10.3 Å². The third kappa shape index (κ3) is 2.59. The molecule has 1 aromatic carbocycles. The Morgan fingerprint density at radius 3 is 2.60 bits per heavy atom. The monoisotopic (exact) mass is 268 g/mol. The van der Waals surface area contributed by atoms with E-state index in [9.17, 15) is 5.11 Å². The van der Waals surface area contributed by atoms with Crippen LogP contribution in [-0.2, 0) is 6.42 Å². The number of rotatable bonds is 3. The lowest BCUT2D eigenvalue weighted by molar-refractivity contribution is 0.422. The van der Waals surface area contributed by atoms with Gasteiger partial charge in [0.15, 0.2) is 5.82 Å². The van der Waals surface area contributed by atoms with E-state index in [-0.39, 0.29) is 5.75 Å². The fourth-order valence-electron chi connectivity index (χ4n) is 1.80. The largest absolute Gasteiger partial charge is 0.508 e. The van der Waals surface area contributed by atoms with Gasteiger partial charge in [0.25, 0.3) is 5.89 Å². The SMILES string of the molecule is Nc1cccc(-c2nc(Cc3ccc(O)cc3)no2)n1. The molecule has 0 spiro atoms. The van der Waals surface area contributed by atoms with Crippen molar-refractivity contribution in [2.24, 2.45) is 0 Å². The zero-order valence-corrected chi connectivity index (χ0v) is 10.5. The molecule has 0 fully saturated rings. The van der Waals surface area contributed by atoms with E-state index in [1.54, 1.807) is 30.3 Å². The minimum Gasteiger partial charge on any atom is -0.508 e. The van der Waals surface area contributed by atoms with Crippen molar-refractivity contribution in [3.05, 3.63) is 53.9 Å². The van der Waals surface area contributed by atoms with E-state index in [1.165, 1.54) is 0 Å². The van der Waals surface area contributed by atoms with E-state index >= 15 is 0 Å². The van der Waals surface area contributed by atoms with E-state index in [0.717, 1.165) is 5.56 Å². The molecule has 0 radical (unpaired) electrons. The molecule has 2 aromatic heterocycles. The molecule has 0 atom stereocenters. The third-order valence-electron chi connectivity index (χ3n) is 2.76. The number of phenolic OH excluding ortho intramolecular Hbond substituents is 1. The lowest BCUT2D eigenvalue weighted by Crippen LogP contribution is -1.92. The van der Waals surface area contributed by atoms with Crippen LogP contribution in [0.3, 0.4) is 0 Å². The minimum atomic E-state index is 0.228. The fraction of sp³-hybridized carbons (Fsp3) is 0.0714. The lowest BCUT2D eigenvalue weighted by Gasteiger charge is -1.96. The molecular weight excluding hydrogens is 256 g/mol. The molecule has 3 N–H and O–H groups in total. The number of nitrogens with two attached hydrogens (primary N) is 1. The molecule has 2 heterocycles. The maximum Gasteiger partial charge on any atom is 0.276 e. The topological polar surface area (TPSA) is 98.1 Å². The van der Waals surface area contributed by atoms with Gasteiger partial charge in [-0.2, -0.15) is 4.98 Å². The van der Waals surface area contributed by atoms with Crippen LogP contribution >= 0.6 is 0 Å². The summed E-state index contributed by atoms with van der Waals surface area (Å²) in [5.74, 6) is 1.52. The summed E-state index contributed by atoms with van der Waals surface area (Å²) in [5.41, 5.74) is 7.15. The van der Waals surface area contributed by atoms with Crippen molar-refractivity contribution in [3.8, 4) is 17.3 Å². The number of phenols is 1. The van der Waals surface area contributed by atoms with Gasteiger partial charge in [-0.3, -0.25) is 0 Å². The first-order chi connectivity index (χ1) is 9.70. The van der Waals surface area contributed by atoms with Crippen molar-refractivity contribution in [1.82, 2.24) is 15.1 Å². The van der Waals surface area contributed by atoms with Crippen LogP contribution in [0.1, 0.15) is 11.4 Å². The lowest BCUT2D eigenvalue weighted by atomic mass is 10.1. The summed E-state index contributed by atoms with van der Waals surface area (Å²) in [6.07, 6.45) is 0.520. The molecule has 0 aliphatic rings. The summed E-state index contributed by atoms with van der Waals surface area (Å²) < 4.78 is 5.17. The van der Waals surface area contributed by atoms with Crippen molar-refractivity contribution >= 4 is 5.82 Å². The minimum absolute atomic E-state index is 0.228. The highest BCUT2D eigenvalue weighted by Crippen LogP contribution is 2.17. The molecule has 3 aromatic rings. The molecule has 0 amide bonds. The highest BCUT2D eigenvalue weighted by atomic mass is 16.5. The predicted octanol–water partition coefficient (Wildman–Crippen LogP) is 2.01. The van der Waals surface area contributed by atoms with E-state index in [0.29, 0.717) is 29.6 Å². The van der Waals surface area contributed by atoms with Crippen LogP contribution in [0.15, 0.2) is 47.0 Å². The normalized spacial score (nSPS) is 10.6. The summed E-state index contributed by atoms with van der Waals surface area (Å²) in [5, 5.41) is 13.1. The Morgan fingerprint density at radius 2 is 1.85 bits per heavy atom. The highest BCUT2D eigenvalue weighted by molar-refractivity contribution is 5.50. The van der Waals surface area contributed by atoms with Crippen LogP contribution < -0.4 is 5.73 Å². The first-order valence-electron chi connectivity index (χ1n) is 6.04. The van der Waals surface area contributed by atoms with Gasteiger partial charge in [-0.1, -0.05) is 23.4 Å². The number of benzene rings is 1. The van der Waals surface area contributed by atoms with Gasteiger partial charge in [0, 0.05) is 6.42 Å². The standard InChI is InChI=1S/C14H12N4O2/c15-12-3-1-2-11(16-12)14-17-13(18-20-14)8-9-4-6-10(19)7-5-9/h1-7,19H,8H2,(H2,15,16). The van der Waals surface area contributed by atoms with E-state index in [2.05, 4.69) is 15.1 Å². The number of pyridine rings is 1. The second kappa shape index (κ2) is 5.00. The van der Waals surface area contributed by atoms with E-state index < -0.39 is 0 Å². The van der Waals surface area contributed by atoms with Gasteiger partial charge in [-0.15, -0.1) is 0 Å². The first-order valence-corrected chi connectivity index (χ1v) is 6.04. The number of aromatic nitrogens is 3. The number of nitrogens with zero attached hydrogens (tertiary/aromatic N) is 3. The predicted molar refractivity (Wildman–Crippen MR) is 72.9 cm³/mol. The van der Waals surface area contributed by atoms with Crippen LogP contribution in [0.2, 0.25) is 0 Å². The summed E-state index contributed by atoms with van der Waals surface area (Å²) in [6.45, 7) is 0. The molecule has 100 valence electrons. The maximum atomic E-state index is 9.23. The molecule has 0 aliphatic carbocycles. The third-order valence-corrected chi connectivity index (χ3v) is 2.76. The van der Waals surface area contributed by atoms with Gasteiger partial charge in [0.05, 0.1) is 0 Å². The Morgan fingerprint density at radius 1 is 1.05 bits per heavy atom. The second-order valence-electron chi connectivity index (χ2n) is 4.31. The Kier molecular flexibility index (Phi) is 3.04. The molecule has 3 rings (SSSR count). The van der Waals surface area contributed by atoms with Gasteiger partial charge < -0.3 is 15.4 Å². The Bertz CT molecular complexity index is 722. The molecule has 0 aliphatic heterocycles. The van der Waals surface area contributed by atoms with Gasteiger partial charge in [-0.25, -0.2) is 4.98 Å². The molecule has 0 saturated carbocycles. The average molecular weight is 268 g/mol. The van der Waals surface area contributed by atoms with Crippen LogP contribution in [0.25, 0.3) is 11.6 Å². The maximum absolute atomic E-state index is 9.23. The van der Waals surface area contributed by atoms with Crippen LogP contribution in [-0.4, -0.2) is 20.2 Å². The molecule has 0 bridgehead atoms. The molecule has 0 saturated heterocycles. The molecule has 6 nitrogen and oxygen atoms in total. The first kappa shape index (κ1) is 12.2. The highest BCUT2D eigenvalue weighted by Gasteiger charge is 2.10. The molecule has 20 heavy (non-hydrogen) atoms. The van der Waals surface area contributed by atoms with Gasteiger partial charge >= 0.3 is 0 Å². The Balaban J connectivity index is 1.82. The van der Waals surface area contributed by atoms with Crippen molar-refractivity contribution in [3.63, 3.8) is 0 Å². The van der Waals surface area contributed by atoms with E-state index in [1.807, 2.05) is 12.1 Å². The smallest absolute Gasteiger partial charge is 0.276 e. The van der Waals surface area contributed by atoms with Crippen LogP contribution in [0, 0.1) is 0 Å². The Labute approximate surface area is 114 Å². The van der Waals surface area contributed by atoms with Crippen LogP contribution in [0.4, 0.5) is 5.82 Å². The van der Waals surface area contributed by atoms with Gasteiger partial charge in [-0.05, 0) is 29.8 Å². The van der Waals surface area contributed by atoms with Crippen molar-refractivity contribution in [2.45, 2.75) is 6.42 Å². The Hall–Kier alpha value is -2.89. The van der Waals surface area contributed by atoms with Gasteiger partial charge in [0.2, 0.25) is 0 Å². The number of hydrogen-bond acceptors (Lipinski definition) is 6. The van der Waals surface area contributed by atoms with Crippen molar-refractivity contribution in [1.29, 1.82) is 0 Å². The summed E-state index contributed by atoms with van der Waals surface area (Å²) in [6, 6.07) is 12.1. The number of hydrogen-bond donors (Lipinski definition) is 2. The zero-order valence-electron chi connectivity index (χ0n) is 10.5. The van der Waals surface area contributed by atoms with Crippen LogP contribution in [0.5, 0.6) is 5.75 Å². The van der Waals surface area contributed by atoms with Crippen molar-refractivity contribution < 1.29 is 9.63 Å². The molecule has 0 unspecified atom stereocenters.